The molecular weight excluding hydrogens is 200 g/mol. The van der Waals surface area contributed by atoms with Crippen LogP contribution in [-0.2, 0) is 4.74 Å². The molecule has 0 fully saturated rings. The molecule has 0 aromatic carbocycles. The predicted molar refractivity (Wildman–Crippen MR) is 62.9 cm³/mol. The lowest BCUT2D eigenvalue weighted by Gasteiger charge is -2.42. The van der Waals surface area contributed by atoms with Crippen LogP contribution >= 0.6 is 0 Å². The predicted octanol–water partition coefficient (Wildman–Crippen LogP) is 2.93. The quantitative estimate of drug-likeness (QED) is 0.636. The van der Waals surface area contributed by atoms with Crippen LogP contribution in [0.15, 0.2) is 22.8 Å². The van der Waals surface area contributed by atoms with Crippen LogP contribution in [-0.4, -0.2) is 17.5 Å². The first-order chi connectivity index (χ1) is 7.75. The lowest BCUT2D eigenvalue weighted by atomic mass is 9.74. The van der Waals surface area contributed by atoms with Crippen LogP contribution < -0.4 is 0 Å². The summed E-state index contributed by atoms with van der Waals surface area (Å²) >= 11 is 0. The summed E-state index contributed by atoms with van der Waals surface area (Å²) in [6.45, 7) is 2.16. The highest BCUT2D eigenvalue weighted by atomic mass is 16.6. The lowest BCUT2D eigenvalue weighted by Crippen LogP contribution is -2.40. The molecule has 3 aliphatic rings. The first-order valence-corrected chi connectivity index (χ1v) is 6.46. The van der Waals surface area contributed by atoms with E-state index < -0.39 is 6.29 Å². The van der Waals surface area contributed by atoms with Gasteiger partial charge in [0.05, 0.1) is 6.10 Å². The Bertz CT molecular complexity index is 354. The summed E-state index contributed by atoms with van der Waals surface area (Å²) < 4.78 is 5.79. The SMILES string of the molecule is CC1=CCC2C3=C(CCCC3)C(O)O[C@H]2C1. The van der Waals surface area contributed by atoms with E-state index in [0.717, 1.165) is 19.3 Å². The largest absolute Gasteiger partial charge is 0.364 e. The maximum atomic E-state index is 10.0. The van der Waals surface area contributed by atoms with Crippen molar-refractivity contribution in [2.75, 3.05) is 0 Å². The first-order valence-electron chi connectivity index (χ1n) is 6.46. The fourth-order valence-corrected chi connectivity index (χ4v) is 3.44. The smallest absolute Gasteiger partial charge is 0.177 e. The molecule has 0 aromatic heterocycles. The molecule has 0 bridgehead atoms. The third kappa shape index (κ3) is 1.64. The van der Waals surface area contributed by atoms with Gasteiger partial charge in [-0.25, -0.2) is 0 Å². The second kappa shape index (κ2) is 4.01. The van der Waals surface area contributed by atoms with Gasteiger partial charge >= 0.3 is 0 Å². The Hall–Kier alpha value is -0.600. The number of aliphatic hydroxyl groups is 1. The van der Waals surface area contributed by atoms with Crippen molar-refractivity contribution in [1.82, 2.24) is 0 Å². The molecule has 0 saturated carbocycles. The van der Waals surface area contributed by atoms with Crippen LogP contribution in [0.3, 0.4) is 0 Å². The van der Waals surface area contributed by atoms with Crippen molar-refractivity contribution < 1.29 is 9.84 Å². The zero-order chi connectivity index (χ0) is 11.1. The fraction of sp³-hybridized carbons (Fsp3) is 0.714. The molecule has 2 nitrogen and oxygen atoms in total. The zero-order valence-corrected chi connectivity index (χ0v) is 9.91. The van der Waals surface area contributed by atoms with E-state index in [1.54, 1.807) is 0 Å². The van der Waals surface area contributed by atoms with Crippen molar-refractivity contribution in [1.29, 1.82) is 0 Å². The molecule has 0 radical (unpaired) electrons. The summed E-state index contributed by atoms with van der Waals surface area (Å²) in [4.78, 5) is 0. The normalized spacial score (nSPS) is 38.9. The lowest BCUT2D eigenvalue weighted by molar-refractivity contribution is -0.141. The first kappa shape index (κ1) is 10.5. The standard InChI is InChI=1S/C14H20O2/c1-9-6-7-11-10-4-2-3-5-12(10)14(15)16-13(11)8-9/h6,11,13-15H,2-5,7-8H2,1H3/t11?,13-,14?/m0/s1. The number of ether oxygens (including phenoxy) is 1. The molecular formula is C14H20O2. The minimum absolute atomic E-state index is 0.233. The molecule has 3 rings (SSSR count). The highest BCUT2D eigenvalue weighted by Crippen LogP contribution is 2.43. The van der Waals surface area contributed by atoms with E-state index in [9.17, 15) is 5.11 Å². The second-order valence-corrected chi connectivity index (χ2v) is 5.38. The van der Waals surface area contributed by atoms with Crippen molar-refractivity contribution in [2.45, 2.75) is 57.8 Å². The Balaban J connectivity index is 1.94. The molecule has 0 saturated heterocycles. The number of hydrogen-bond donors (Lipinski definition) is 1. The molecule has 3 atom stereocenters. The maximum Gasteiger partial charge on any atom is 0.177 e. The Kier molecular flexibility index (Phi) is 2.64. The molecule has 1 N–H and O–H groups in total. The Morgan fingerprint density at radius 3 is 2.81 bits per heavy atom. The van der Waals surface area contributed by atoms with Crippen LogP contribution in [0.1, 0.15) is 45.4 Å². The molecule has 2 heteroatoms. The summed E-state index contributed by atoms with van der Waals surface area (Å²) in [7, 11) is 0. The van der Waals surface area contributed by atoms with E-state index in [4.69, 9.17) is 4.74 Å². The molecule has 88 valence electrons. The monoisotopic (exact) mass is 220 g/mol. The van der Waals surface area contributed by atoms with E-state index in [2.05, 4.69) is 13.0 Å². The molecule has 16 heavy (non-hydrogen) atoms. The minimum atomic E-state index is -0.609. The van der Waals surface area contributed by atoms with Crippen molar-refractivity contribution >= 4 is 0 Å². The maximum absolute atomic E-state index is 10.0. The number of hydrogen-bond acceptors (Lipinski definition) is 2. The number of rotatable bonds is 0. The van der Waals surface area contributed by atoms with Gasteiger partial charge in [-0.05, 0) is 51.0 Å². The van der Waals surface area contributed by atoms with Gasteiger partial charge in [-0.2, -0.15) is 0 Å². The average molecular weight is 220 g/mol. The molecule has 0 aromatic rings. The van der Waals surface area contributed by atoms with Gasteiger partial charge in [0.25, 0.3) is 0 Å². The van der Waals surface area contributed by atoms with Crippen LogP contribution in [0.2, 0.25) is 0 Å². The van der Waals surface area contributed by atoms with Gasteiger partial charge in [-0.3, -0.25) is 0 Å². The Morgan fingerprint density at radius 2 is 2.00 bits per heavy atom. The van der Waals surface area contributed by atoms with Gasteiger partial charge in [0, 0.05) is 5.92 Å². The summed E-state index contributed by atoms with van der Waals surface area (Å²) in [5, 5.41) is 10.0. The Morgan fingerprint density at radius 1 is 1.25 bits per heavy atom. The number of aliphatic hydroxyl groups excluding tert-OH is 1. The van der Waals surface area contributed by atoms with Crippen molar-refractivity contribution in [3.63, 3.8) is 0 Å². The van der Waals surface area contributed by atoms with Gasteiger partial charge in [0.2, 0.25) is 0 Å². The molecule has 2 aliphatic carbocycles. The third-order valence-electron chi connectivity index (χ3n) is 4.30. The van der Waals surface area contributed by atoms with Crippen LogP contribution in [0.25, 0.3) is 0 Å². The molecule has 0 amide bonds. The van der Waals surface area contributed by atoms with Gasteiger partial charge in [0.15, 0.2) is 6.29 Å². The van der Waals surface area contributed by atoms with E-state index in [1.165, 1.54) is 36.0 Å². The van der Waals surface area contributed by atoms with Gasteiger partial charge in [-0.15, -0.1) is 0 Å². The van der Waals surface area contributed by atoms with Crippen LogP contribution in [0.4, 0.5) is 0 Å². The number of fused-ring (bicyclic) bond motifs is 2. The highest BCUT2D eigenvalue weighted by molar-refractivity contribution is 5.28. The second-order valence-electron chi connectivity index (χ2n) is 5.38. The summed E-state index contributed by atoms with van der Waals surface area (Å²) in [5.74, 6) is 0.558. The van der Waals surface area contributed by atoms with Crippen molar-refractivity contribution in [3.05, 3.63) is 22.8 Å². The van der Waals surface area contributed by atoms with E-state index in [-0.39, 0.29) is 6.10 Å². The van der Waals surface area contributed by atoms with Crippen molar-refractivity contribution in [2.24, 2.45) is 5.92 Å². The summed E-state index contributed by atoms with van der Waals surface area (Å²) in [6.07, 6.45) is 8.82. The highest BCUT2D eigenvalue weighted by Gasteiger charge is 2.38. The van der Waals surface area contributed by atoms with Gasteiger partial charge in [0.1, 0.15) is 0 Å². The van der Waals surface area contributed by atoms with Crippen LogP contribution in [0, 0.1) is 5.92 Å². The summed E-state index contributed by atoms with van der Waals surface area (Å²) in [6, 6.07) is 0. The Labute approximate surface area is 97.0 Å². The van der Waals surface area contributed by atoms with Gasteiger partial charge in [-0.1, -0.05) is 17.2 Å². The summed E-state index contributed by atoms with van der Waals surface area (Å²) in [5.41, 5.74) is 4.15. The number of allylic oxidation sites excluding steroid dienone is 1. The molecule has 0 spiro atoms. The minimum Gasteiger partial charge on any atom is -0.364 e. The van der Waals surface area contributed by atoms with E-state index in [1.807, 2.05) is 0 Å². The fourth-order valence-electron chi connectivity index (χ4n) is 3.44. The molecule has 2 unspecified atom stereocenters. The third-order valence-corrected chi connectivity index (χ3v) is 4.30. The molecule has 1 heterocycles. The van der Waals surface area contributed by atoms with Gasteiger partial charge < -0.3 is 9.84 Å². The average Bonchev–Trinajstić information content (AvgIpc) is 2.29. The van der Waals surface area contributed by atoms with E-state index in [0.29, 0.717) is 5.92 Å². The van der Waals surface area contributed by atoms with E-state index >= 15 is 0 Å². The molecule has 1 aliphatic heterocycles. The van der Waals surface area contributed by atoms with Crippen molar-refractivity contribution in [3.8, 4) is 0 Å². The van der Waals surface area contributed by atoms with Crippen LogP contribution in [0.5, 0.6) is 0 Å². The zero-order valence-electron chi connectivity index (χ0n) is 9.91. The topological polar surface area (TPSA) is 29.5 Å².